The molecule has 128 valence electrons. The highest BCUT2D eigenvalue weighted by Crippen LogP contribution is 2.29. The molecule has 0 bridgehead atoms. The maximum atomic E-state index is 12.9. The third-order valence-electron chi connectivity index (χ3n) is 3.82. The van der Waals surface area contributed by atoms with Gasteiger partial charge < -0.3 is 21.1 Å². The summed E-state index contributed by atoms with van der Waals surface area (Å²) in [5.41, 5.74) is 2.60. The number of nitrogens with one attached hydrogen (secondary N) is 3. The molecule has 0 spiro atoms. The summed E-state index contributed by atoms with van der Waals surface area (Å²) in [7, 11) is 0. The van der Waals surface area contributed by atoms with Crippen LogP contribution >= 0.6 is 23.8 Å². The molecule has 0 fully saturated rings. The van der Waals surface area contributed by atoms with E-state index >= 15 is 0 Å². The van der Waals surface area contributed by atoms with Crippen molar-refractivity contribution >= 4 is 40.5 Å². The van der Waals surface area contributed by atoms with Crippen LogP contribution in [0.4, 0.5) is 5.69 Å². The molecular weight excluding hydrogens is 358 g/mol. The minimum absolute atomic E-state index is 0.158. The topological polar surface area (TPSA) is 73.4 Å². The average molecular weight is 374 g/mol. The van der Waals surface area contributed by atoms with Crippen molar-refractivity contribution in [3.8, 4) is 5.75 Å². The molecule has 1 amide bonds. The molecule has 1 aliphatic rings. The van der Waals surface area contributed by atoms with Crippen molar-refractivity contribution in [1.82, 2.24) is 10.6 Å². The summed E-state index contributed by atoms with van der Waals surface area (Å²) in [6.07, 6.45) is 0. The van der Waals surface area contributed by atoms with Crippen LogP contribution in [-0.2, 0) is 4.79 Å². The number of anilines is 1. The molecule has 2 aromatic rings. The Bertz CT molecular complexity index is 865. The fourth-order valence-electron chi connectivity index (χ4n) is 2.68. The Balaban J connectivity index is 1.94. The van der Waals surface area contributed by atoms with Crippen LogP contribution in [0.15, 0.2) is 59.8 Å². The molecule has 1 atom stereocenters. The molecule has 1 heterocycles. The van der Waals surface area contributed by atoms with Gasteiger partial charge in [-0.1, -0.05) is 29.8 Å². The summed E-state index contributed by atoms with van der Waals surface area (Å²) in [6.45, 7) is 1.80. The van der Waals surface area contributed by atoms with E-state index < -0.39 is 6.04 Å². The molecule has 0 radical (unpaired) electrons. The fourth-order valence-corrected chi connectivity index (χ4v) is 3.14. The molecule has 7 heteroatoms. The first-order valence-electron chi connectivity index (χ1n) is 7.58. The van der Waals surface area contributed by atoms with Gasteiger partial charge in [0, 0.05) is 16.4 Å². The minimum atomic E-state index is -0.423. The number of thiocarbonyl (C=S) groups is 1. The van der Waals surface area contributed by atoms with Gasteiger partial charge in [0.25, 0.3) is 5.91 Å². The van der Waals surface area contributed by atoms with Crippen LogP contribution in [0, 0.1) is 0 Å². The number of benzene rings is 2. The van der Waals surface area contributed by atoms with Crippen LogP contribution in [0.5, 0.6) is 5.75 Å². The molecule has 5 nitrogen and oxygen atoms in total. The van der Waals surface area contributed by atoms with E-state index in [0.717, 1.165) is 5.56 Å². The summed E-state index contributed by atoms with van der Waals surface area (Å²) in [5.74, 6) is -0.105. The lowest BCUT2D eigenvalue weighted by atomic mass is 9.95. The molecule has 1 aliphatic heterocycles. The van der Waals surface area contributed by atoms with Gasteiger partial charge in [-0.3, -0.25) is 4.79 Å². The molecule has 4 N–H and O–H groups in total. The van der Waals surface area contributed by atoms with Crippen LogP contribution in [0.3, 0.4) is 0 Å². The summed E-state index contributed by atoms with van der Waals surface area (Å²) in [6, 6.07) is 13.2. The third-order valence-corrected chi connectivity index (χ3v) is 4.28. The van der Waals surface area contributed by atoms with Crippen molar-refractivity contribution in [2.75, 3.05) is 5.32 Å². The predicted molar refractivity (Wildman–Crippen MR) is 102 cm³/mol. The molecule has 0 saturated carbocycles. The lowest BCUT2D eigenvalue weighted by Gasteiger charge is -2.30. The smallest absolute Gasteiger partial charge is 0.255 e. The number of allylic oxidation sites excluding steroid dienone is 1. The zero-order chi connectivity index (χ0) is 18.0. The second-order valence-corrected chi connectivity index (χ2v) is 6.47. The normalized spacial score (nSPS) is 16.9. The van der Waals surface area contributed by atoms with Crippen molar-refractivity contribution in [3.63, 3.8) is 0 Å². The quantitative estimate of drug-likeness (QED) is 0.620. The van der Waals surface area contributed by atoms with Gasteiger partial charge in [-0.2, -0.15) is 0 Å². The van der Waals surface area contributed by atoms with Gasteiger partial charge in [0.05, 0.1) is 11.6 Å². The van der Waals surface area contributed by atoms with Crippen LogP contribution in [0.2, 0.25) is 5.02 Å². The molecule has 2 aromatic carbocycles. The number of amides is 1. The lowest BCUT2D eigenvalue weighted by molar-refractivity contribution is -0.113. The number of phenols is 1. The number of phenolic OH excluding ortho intramolecular Hbond substituents is 1. The highest BCUT2D eigenvalue weighted by molar-refractivity contribution is 7.80. The van der Waals surface area contributed by atoms with Gasteiger partial charge in [0.15, 0.2) is 5.11 Å². The number of aromatic hydroxyl groups is 1. The maximum Gasteiger partial charge on any atom is 0.255 e. The summed E-state index contributed by atoms with van der Waals surface area (Å²) in [5, 5.41) is 19.4. The van der Waals surface area contributed by atoms with Gasteiger partial charge in [-0.15, -0.1) is 0 Å². The number of halogens is 1. The average Bonchev–Trinajstić information content (AvgIpc) is 2.54. The lowest BCUT2D eigenvalue weighted by Crippen LogP contribution is -2.45. The Morgan fingerprint density at radius 3 is 2.64 bits per heavy atom. The Labute approximate surface area is 155 Å². The van der Waals surface area contributed by atoms with E-state index in [1.54, 1.807) is 55.5 Å². The summed E-state index contributed by atoms with van der Waals surface area (Å²) < 4.78 is 0. The Morgan fingerprint density at radius 2 is 1.96 bits per heavy atom. The highest BCUT2D eigenvalue weighted by Gasteiger charge is 2.29. The molecular formula is C18H16ClN3O2S. The molecule has 0 aromatic heterocycles. The monoisotopic (exact) mass is 373 g/mol. The van der Waals surface area contributed by atoms with Crippen molar-refractivity contribution in [1.29, 1.82) is 0 Å². The van der Waals surface area contributed by atoms with E-state index in [1.165, 1.54) is 0 Å². The van der Waals surface area contributed by atoms with E-state index in [4.69, 9.17) is 23.8 Å². The van der Waals surface area contributed by atoms with E-state index in [-0.39, 0.29) is 11.7 Å². The first-order chi connectivity index (χ1) is 11.9. The van der Waals surface area contributed by atoms with Crippen LogP contribution in [0.25, 0.3) is 0 Å². The van der Waals surface area contributed by atoms with Gasteiger partial charge in [-0.05, 0) is 55.0 Å². The first-order valence-corrected chi connectivity index (χ1v) is 8.37. The zero-order valence-corrected chi connectivity index (χ0v) is 14.9. The van der Waals surface area contributed by atoms with Crippen molar-refractivity contribution < 1.29 is 9.90 Å². The van der Waals surface area contributed by atoms with Crippen molar-refractivity contribution in [2.45, 2.75) is 13.0 Å². The van der Waals surface area contributed by atoms with E-state index in [9.17, 15) is 9.90 Å². The summed E-state index contributed by atoms with van der Waals surface area (Å²) in [4.78, 5) is 12.9. The van der Waals surface area contributed by atoms with E-state index in [2.05, 4.69) is 16.0 Å². The van der Waals surface area contributed by atoms with Gasteiger partial charge >= 0.3 is 0 Å². The van der Waals surface area contributed by atoms with Gasteiger partial charge in [0.1, 0.15) is 5.75 Å². The second kappa shape index (κ2) is 7.13. The molecule has 3 rings (SSSR count). The standard InChI is InChI=1S/C18H16ClN3O2S/c1-10-15(17(24)21-13-4-2-3-12(19)9-13)16(22-18(25)20-10)11-5-7-14(23)8-6-11/h2-9,16,23H,1H3,(H,21,24)(H2,20,22,25)/t16-/m0/s1. The van der Waals surface area contributed by atoms with Gasteiger partial charge in [-0.25, -0.2) is 0 Å². The Kier molecular flexibility index (Phi) is 4.92. The summed E-state index contributed by atoms with van der Waals surface area (Å²) >= 11 is 11.2. The molecule has 25 heavy (non-hydrogen) atoms. The maximum absolute atomic E-state index is 12.9. The minimum Gasteiger partial charge on any atom is -0.508 e. The van der Waals surface area contributed by atoms with E-state index in [1.807, 2.05) is 0 Å². The molecule has 0 aliphatic carbocycles. The number of carbonyl (C=O) groups excluding carboxylic acids is 1. The van der Waals surface area contributed by atoms with Crippen molar-refractivity contribution in [2.24, 2.45) is 0 Å². The van der Waals surface area contributed by atoms with Crippen molar-refractivity contribution in [3.05, 3.63) is 70.4 Å². The predicted octanol–water partition coefficient (Wildman–Crippen LogP) is 3.48. The largest absolute Gasteiger partial charge is 0.508 e. The van der Waals surface area contributed by atoms with Crippen LogP contribution in [-0.4, -0.2) is 16.1 Å². The van der Waals surface area contributed by atoms with Gasteiger partial charge in [0.2, 0.25) is 0 Å². The number of rotatable bonds is 3. The number of hydrogen-bond donors (Lipinski definition) is 4. The highest BCUT2D eigenvalue weighted by atomic mass is 35.5. The Morgan fingerprint density at radius 1 is 1.24 bits per heavy atom. The Hall–Kier alpha value is -2.57. The third kappa shape index (κ3) is 3.92. The fraction of sp³-hybridized carbons (Fsp3) is 0.111. The van der Waals surface area contributed by atoms with Crippen LogP contribution in [0.1, 0.15) is 18.5 Å². The van der Waals surface area contributed by atoms with Crippen LogP contribution < -0.4 is 16.0 Å². The molecule has 0 saturated heterocycles. The first kappa shape index (κ1) is 17.3. The number of carbonyl (C=O) groups is 1. The SMILES string of the molecule is CC1=C(C(=O)Nc2cccc(Cl)c2)[C@H](c2ccc(O)cc2)NC(=S)N1. The zero-order valence-electron chi connectivity index (χ0n) is 13.3. The molecule has 0 unspecified atom stereocenters. The second-order valence-electron chi connectivity index (χ2n) is 5.63. The van der Waals surface area contributed by atoms with E-state index in [0.29, 0.717) is 27.1 Å². The number of hydrogen-bond acceptors (Lipinski definition) is 3.